The highest BCUT2D eigenvalue weighted by molar-refractivity contribution is 5.69. The molecule has 0 aromatic heterocycles. The Morgan fingerprint density at radius 3 is 2.37 bits per heavy atom. The van der Waals surface area contributed by atoms with Crippen LogP contribution in [0.1, 0.15) is 72.6 Å². The van der Waals surface area contributed by atoms with Gasteiger partial charge in [0.15, 0.2) is 0 Å². The van der Waals surface area contributed by atoms with Gasteiger partial charge >= 0.3 is 5.97 Å². The Balaban J connectivity index is 0.00000150. The molecule has 0 bridgehead atoms. The molecule has 0 radical (unpaired) electrons. The zero-order chi connectivity index (χ0) is 23.0. The standard InChI is InChI=1S/C20H38N2O3.C3H6O2/c1-17-14-18(25-19(24)10-13-21(4)5)15-22(17)12-9-7-6-8-11-20(2,3)16-23;1-2-5-3-4/h16-18H,6-15H2,1-5H3;3H,2H2,1H3. The number of aldehydes is 1. The SMILES string of the molecule is CC1CC(OC(=O)CCN(C)C)CN1CCCCCCC(C)(C)C=O.CCOC=O. The number of ether oxygens (including phenoxy) is 2. The van der Waals surface area contributed by atoms with Gasteiger partial charge in [0, 0.05) is 31.0 Å². The molecule has 1 fully saturated rings. The van der Waals surface area contributed by atoms with Crippen LogP contribution in [0, 0.1) is 5.41 Å². The average Bonchev–Trinajstić information content (AvgIpc) is 3.03. The molecule has 1 rings (SSSR count). The van der Waals surface area contributed by atoms with Gasteiger partial charge in [-0.3, -0.25) is 14.5 Å². The van der Waals surface area contributed by atoms with Gasteiger partial charge in [0.05, 0.1) is 13.0 Å². The van der Waals surface area contributed by atoms with Crippen molar-refractivity contribution >= 4 is 18.7 Å². The molecule has 30 heavy (non-hydrogen) atoms. The number of hydrogen-bond donors (Lipinski definition) is 0. The van der Waals surface area contributed by atoms with Crippen molar-refractivity contribution in [2.45, 2.75) is 84.8 Å². The van der Waals surface area contributed by atoms with E-state index in [0.717, 1.165) is 45.2 Å². The molecule has 7 heteroatoms. The summed E-state index contributed by atoms with van der Waals surface area (Å²) in [6.07, 6.45) is 8.18. The Morgan fingerprint density at radius 1 is 1.17 bits per heavy atom. The van der Waals surface area contributed by atoms with Gasteiger partial charge in [-0.05, 0) is 47.3 Å². The van der Waals surface area contributed by atoms with Gasteiger partial charge in [0.1, 0.15) is 12.4 Å². The van der Waals surface area contributed by atoms with E-state index in [-0.39, 0.29) is 17.5 Å². The van der Waals surface area contributed by atoms with E-state index in [2.05, 4.69) is 16.6 Å². The number of likely N-dealkylation sites (tertiary alicyclic amines) is 1. The molecule has 0 N–H and O–H groups in total. The summed E-state index contributed by atoms with van der Waals surface area (Å²) in [6.45, 7) is 11.6. The Labute approximate surface area is 183 Å². The second kappa shape index (κ2) is 16.3. The Hall–Kier alpha value is -1.47. The van der Waals surface area contributed by atoms with Gasteiger partial charge in [-0.2, -0.15) is 0 Å². The first-order valence-corrected chi connectivity index (χ1v) is 11.2. The van der Waals surface area contributed by atoms with Gasteiger partial charge in [-0.15, -0.1) is 0 Å². The monoisotopic (exact) mass is 428 g/mol. The molecule has 2 atom stereocenters. The number of carbonyl (C=O) groups is 3. The predicted octanol–water partition coefficient (Wildman–Crippen LogP) is 3.30. The van der Waals surface area contributed by atoms with Gasteiger partial charge < -0.3 is 19.2 Å². The fraction of sp³-hybridized carbons (Fsp3) is 0.870. The molecule has 0 spiro atoms. The zero-order valence-corrected chi connectivity index (χ0v) is 20.0. The minimum atomic E-state index is -0.173. The Morgan fingerprint density at radius 2 is 1.83 bits per heavy atom. The second-order valence-electron chi connectivity index (χ2n) is 9.07. The minimum absolute atomic E-state index is 0.0538. The third-order valence-electron chi connectivity index (χ3n) is 5.30. The minimum Gasteiger partial charge on any atom is -0.468 e. The zero-order valence-electron chi connectivity index (χ0n) is 20.0. The molecule has 2 unspecified atom stereocenters. The fourth-order valence-corrected chi connectivity index (χ4v) is 3.38. The first kappa shape index (κ1) is 28.5. The van der Waals surface area contributed by atoms with Crippen molar-refractivity contribution in [2.24, 2.45) is 5.41 Å². The van der Waals surface area contributed by atoms with Crippen molar-refractivity contribution in [1.82, 2.24) is 9.80 Å². The Bertz CT molecular complexity index is 482. The molecule has 0 aliphatic carbocycles. The van der Waals surface area contributed by atoms with E-state index < -0.39 is 0 Å². The molecule has 1 heterocycles. The lowest BCUT2D eigenvalue weighted by Gasteiger charge is -2.20. The van der Waals surface area contributed by atoms with Crippen LogP contribution in [0.5, 0.6) is 0 Å². The highest BCUT2D eigenvalue weighted by Gasteiger charge is 2.30. The Kier molecular flexibility index (Phi) is 15.5. The van der Waals surface area contributed by atoms with Crippen LogP contribution in [-0.2, 0) is 23.9 Å². The van der Waals surface area contributed by atoms with Crippen LogP contribution >= 0.6 is 0 Å². The van der Waals surface area contributed by atoms with Crippen LogP contribution in [0.15, 0.2) is 0 Å². The van der Waals surface area contributed by atoms with E-state index >= 15 is 0 Å². The normalized spacial score (nSPS) is 19.2. The molecule has 1 aliphatic heterocycles. The summed E-state index contributed by atoms with van der Waals surface area (Å²) >= 11 is 0. The molecule has 0 amide bonds. The molecule has 1 saturated heterocycles. The number of rotatable bonds is 14. The van der Waals surface area contributed by atoms with Crippen LogP contribution in [0.4, 0.5) is 0 Å². The van der Waals surface area contributed by atoms with E-state index in [0.29, 0.717) is 25.5 Å². The largest absolute Gasteiger partial charge is 0.468 e. The molecular formula is C23H44N2O5. The smallest absolute Gasteiger partial charge is 0.307 e. The summed E-state index contributed by atoms with van der Waals surface area (Å²) in [5.74, 6) is -0.0782. The summed E-state index contributed by atoms with van der Waals surface area (Å²) in [5.41, 5.74) is -0.173. The van der Waals surface area contributed by atoms with Crippen molar-refractivity contribution in [3.8, 4) is 0 Å². The number of unbranched alkanes of at least 4 members (excludes halogenated alkanes) is 3. The van der Waals surface area contributed by atoms with Gasteiger partial charge in [-0.1, -0.05) is 33.1 Å². The van der Waals surface area contributed by atoms with Crippen LogP contribution in [-0.4, -0.2) is 81.0 Å². The molecule has 0 saturated carbocycles. The van der Waals surface area contributed by atoms with E-state index in [9.17, 15) is 14.4 Å². The number of esters is 1. The lowest BCUT2D eigenvalue weighted by Crippen LogP contribution is -2.29. The topological polar surface area (TPSA) is 76.2 Å². The van der Waals surface area contributed by atoms with Crippen molar-refractivity contribution < 1.29 is 23.9 Å². The number of carbonyl (C=O) groups excluding carboxylic acids is 3. The van der Waals surface area contributed by atoms with Crippen molar-refractivity contribution in [2.75, 3.05) is 40.3 Å². The summed E-state index contributed by atoms with van der Waals surface area (Å²) in [4.78, 5) is 36.4. The molecular weight excluding hydrogens is 384 g/mol. The first-order chi connectivity index (χ1) is 14.1. The number of hydrogen-bond acceptors (Lipinski definition) is 7. The summed E-state index contributed by atoms with van der Waals surface area (Å²) in [7, 11) is 3.93. The first-order valence-electron chi connectivity index (χ1n) is 11.2. The van der Waals surface area contributed by atoms with E-state index in [1.807, 2.05) is 32.8 Å². The second-order valence-corrected chi connectivity index (χ2v) is 9.07. The van der Waals surface area contributed by atoms with Crippen molar-refractivity contribution in [3.05, 3.63) is 0 Å². The predicted molar refractivity (Wildman–Crippen MR) is 119 cm³/mol. The molecule has 1 aliphatic rings. The van der Waals surface area contributed by atoms with Gasteiger partial charge in [0.25, 0.3) is 6.47 Å². The maximum Gasteiger partial charge on any atom is 0.307 e. The molecule has 0 aromatic rings. The molecule has 0 aromatic carbocycles. The van der Waals surface area contributed by atoms with Crippen LogP contribution in [0.2, 0.25) is 0 Å². The number of nitrogens with zero attached hydrogens (tertiary/aromatic N) is 2. The van der Waals surface area contributed by atoms with Crippen LogP contribution in [0.25, 0.3) is 0 Å². The molecule has 7 nitrogen and oxygen atoms in total. The summed E-state index contributed by atoms with van der Waals surface area (Å²) in [5, 5.41) is 0. The third kappa shape index (κ3) is 14.5. The third-order valence-corrected chi connectivity index (χ3v) is 5.30. The van der Waals surface area contributed by atoms with Crippen molar-refractivity contribution in [3.63, 3.8) is 0 Å². The van der Waals surface area contributed by atoms with Crippen LogP contribution < -0.4 is 0 Å². The van der Waals surface area contributed by atoms with Gasteiger partial charge in [-0.25, -0.2) is 0 Å². The summed E-state index contributed by atoms with van der Waals surface area (Å²) < 4.78 is 9.77. The van der Waals surface area contributed by atoms with E-state index in [1.54, 1.807) is 6.92 Å². The fourth-order valence-electron chi connectivity index (χ4n) is 3.38. The van der Waals surface area contributed by atoms with Crippen molar-refractivity contribution in [1.29, 1.82) is 0 Å². The lowest BCUT2D eigenvalue weighted by atomic mass is 9.89. The maximum absolute atomic E-state index is 11.9. The highest BCUT2D eigenvalue weighted by Crippen LogP contribution is 2.23. The average molecular weight is 429 g/mol. The summed E-state index contributed by atoms with van der Waals surface area (Å²) in [6, 6.07) is 0.487. The highest BCUT2D eigenvalue weighted by atomic mass is 16.5. The maximum atomic E-state index is 11.9. The van der Waals surface area contributed by atoms with Gasteiger partial charge in [0.2, 0.25) is 0 Å². The van der Waals surface area contributed by atoms with E-state index in [4.69, 9.17) is 4.74 Å². The molecule has 176 valence electrons. The van der Waals surface area contributed by atoms with E-state index in [1.165, 1.54) is 19.3 Å². The lowest BCUT2D eigenvalue weighted by molar-refractivity contribution is -0.148. The van der Waals surface area contributed by atoms with Crippen LogP contribution in [0.3, 0.4) is 0 Å². The quantitative estimate of drug-likeness (QED) is 0.239.